The van der Waals surface area contributed by atoms with Gasteiger partial charge in [0.2, 0.25) is 0 Å². The first kappa shape index (κ1) is 12.4. The smallest absolute Gasteiger partial charge is 0.199 e. The van der Waals surface area contributed by atoms with E-state index >= 15 is 0 Å². The first-order chi connectivity index (χ1) is 7.49. The molecule has 0 aliphatic heterocycles. The first-order valence-corrected chi connectivity index (χ1v) is 5.42. The Morgan fingerprint density at radius 3 is 2.50 bits per heavy atom. The molecule has 1 aromatic rings. The summed E-state index contributed by atoms with van der Waals surface area (Å²) in [5, 5.41) is 7.62. The highest BCUT2D eigenvalue weighted by molar-refractivity contribution is 7.80. The Bertz CT molecular complexity index is 414. The monoisotopic (exact) mass is 236 g/mol. The predicted molar refractivity (Wildman–Crippen MR) is 71.7 cm³/mol. The van der Waals surface area contributed by atoms with E-state index in [1.54, 1.807) is 0 Å². The molecule has 1 rings (SSSR count). The van der Waals surface area contributed by atoms with Crippen LogP contribution in [0.4, 0.5) is 5.69 Å². The second-order valence-electron chi connectivity index (χ2n) is 3.50. The van der Waals surface area contributed by atoms with Crippen LogP contribution in [0.1, 0.15) is 18.1 Å². The summed E-state index contributed by atoms with van der Waals surface area (Å²) < 4.78 is 0. The molecule has 0 aromatic heterocycles. The minimum absolute atomic E-state index is 0.0940. The number of nitrogens with one attached hydrogen (secondary N) is 1. The maximum atomic E-state index is 7.52. The van der Waals surface area contributed by atoms with Crippen molar-refractivity contribution in [3.05, 3.63) is 29.3 Å². The van der Waals surface area contributed by atoms with E-state index in [-0.39, 0.29) is 11.1 Å². The quantitative estimate of drug-likeness (QED) is 0.413. The SMILES string of the molecule is CCc1cccc(C)c1N(C(=N)N)C(N)=S. The van der Waals surface area contributed by atoms with E-state index < -0.39 is 0 Å². The summed E-state index contributed by atoms with van der Waals surface area (Å²) in [5.41, 5.74) is 14.0. The summed E-state index contributed by atoms with van der Waals surface area (Å²) in [4.78, 5) is 1.39. The Labute approximate surface area is 101 Å². The average molecular weight is 236 g/mol. The number of benzene rings is 1. The molecule has 0 radical (unpaired) electrons. The van der Waals surface area contributed by atoms with Crippen LogP contribution in [-0.4, -0.2) is 11.1 Å². The normalized spacial score (nSPS) is 9.88. The molecule has 86 valence electrons. The van der Waals surface area contributed by atoms with Crippen molar-refractivity contribution in [2.75, 3.05) is 4.90 Å². The topological polar surface area (TPSA) is 79.1 Å². The fraction of sp³-hybridized carbons (Fsp3) is 0.273. The van der Waals surface area contributed by atoms with Gasteiger partial charge in [0.25, 0.3) is 0 Å². The van der Waals surface area contributed by atoms with Gasteiger partial charge in [-0.3, -0.25) is 10.3 Å². The summed E-state index contributed by atoms with van der Waals surface area (Å²) in [6.07, 6.45) is 0.837. The zero-order valence-electron chi connectivity index (χ0n) is 9.45. The van der Waals surface area contributed by atoms with Crippen molar-refractivity contribution in [3.8, 4) is 0 Å². The highest BCUT2D eigenvalue weighted by Gasteiger charge is 2.17. The Kier molecular flexibility index (Phi) is 3.84. The third kappa shape index (κ3) is 2.30. The van der Waals surface area contributed by atoms with E-state index in [4.69, 9.17) is 29.1 Å². The molecule has 0 atom stereocenters. The van der Waals surface area contributed by atoms with Gasteiger partial charge < -0.3 is 11.5 Å². The molecule has 5 N–H and O–H groups in total. The van der Waals surface area contributed by atoms with Crippen molar-refractivity contribution in [1.82, 2.24) is 0 Å². The summed E-state index contributed by atoms with van der Waals surface area (Å²) >= 11 is 4.93. The highest BCUT2D eigenvalue weighted by Crippen LogP contribution is 2.25. The Hall–Kier alpha value is -1.62. The van der Waals surface area contributed by atoms with E-state index in [0.717, 1.165) is 23.2 Å². The molecule has 0 aliphatic carbocycles. The minimum atomic E-state index is -0.156. The van der Waals surface area contributed by atoms with Gasteiger partial charge in [-0.15, -0.1) is 0 Å². The number of anilines is 1. The van der Waals surface area contributed by atoms with Gasteiger partial charge in [0, 0.05) is 0 Å². The van der Waals surface area contributed by atoms with Crippen LogP contribution < -0.4 is 16.4 Å². The maximum Gasteiger partial charge on any atom is 0.199 e. The Balaban J connectivity index is 3.38. The summed E-state index contributed by atoms with van der Waals surface area (Å²) in [6, 6.07) is 5.90. The van der Waals surface area contributed by atoms with E-state index in [1.807, 2.05) is 32.0 Å². The van der Waals surface area contributed by atoms with Crippen LogP contribution in [0.5, 0.6) is 0 Å². The summed E-state index contributed by atoms with van der Waals surface area (Å²) in [7, 11) is 0. The number of para-hydroxylation sites is 1. The summed E-state index contributed by atoms with van der Waals surface area (Å²) in [5.74, 6) is -0.156. The molecule has 0 unspecified atom stereocenters. The van der Waals surface area contributed by atoms with Crippen LogP contribution in [-0.2, 0) is 6.42 Å². The second-order valence-corrected chi connectivity index (χ2v) is 3.91. The van der Waals surface area contributed by atoms with Crippen LogP contribution in [0.15, 0.2) is 18.2 Å². The number of hydrogen-bond acceptors (Lipinski definition) is 2. The Morgan fingerprint density at radius 2 is 2.06 bits per heavy atom. The molecule has 16 heavy (non-hydrogen) atoms. The summed E-state index contributed by atoms with van der Waals surface area (Å²) in [6.45, 7) is 3.98. The fourth-order valence-electron chi connectivity index (χ4n) is 1.67. The number of aryl methyl sites for hydroxylation is 2. The van der Waals surface area contributed by atoms with Crippen LogP contribution in [0, 0.1) is 12.3 Å². The molecule has 0 heterocycles. The molecule has 4 nitrogen and oxygen atoms in total. The van der Waals surface area contributed by atoms with Crippen molar-refractivity contribution >= 4 is 29.0 Å². The third-order valence-corrected chi connectivity index (χ3v) is 2.57. The number of nitrogens with two attached hydrogens (primary N) is 2. The van der Waals surface area contributed by atoms with Gasteiger partial charge in [0.15, 0.2) is 11.1 Å². The lowest BCUT2D eigenvalue weighted by molar-refractivity contribution is 1.11. The van der Waals surface area contributed by atoms with Crippen LogP contribution in [0.2, 0.25) is 0 Å². The van der Waals surface area contributed by atoms with E-state index in [0.29, 0.717) is 0 Å². The third-order valence-electron chi connectivity index (χ3n) is 2.39. The molecular formula is C11H16N4S. The number of nitrogens with zero attached hydrogens (tertiary/aromatic N) is 1. The van der Waals surface area contributed by atoms with Crippen molar-refractivity contribution in [3.63, 3.8) is 0 Å². The zero-order chi connectivity index (χ0) is 12.3. The molecule has 0 spiro atoms. The van der Waals surface area contributed by atoms with Crippen molar-refractivity contribution in [2.24, 2.45) is 11.5 Å². The minimum Gasteiger partial charge on any atom is -0.376 e. The average Bonchev–Trinajstić information content (AvgIpc) is 2.19. The molecule has 0 amide bonds. The molecule has 0 fully saturated rings. The van der Waals surface area contributed by atoms with Gasteiger partial charge >= 0.3 is 0 Å². The lowest BCUT2D eigenvalue weighted by Crippen LogP contribution is -2.45. The molecule has 0 saturated carbocycles. The molecule has 1 aromatic carbocycles. The predicted octanol–water partition coefficient (Wildman–Crippen LogP) is 1.50. The van der Waals surface area contributed by atoms with E-state index in [1.165, 1.54) is 4.90 Å². The van der Waals surface area contributed by atoms with Crippen LogP contribution >= 0.6 is 12.2 Å². The molecule has 0 bridgehead atoms. The second kappa shape index (κ2) is 4.94. The standard InChI is InChI=1S/C11H16N4S/c1-3-8-6-4-5-7(2)9(8)15(10(12)13)11(14)16/h4-6H,3H2,1-2H3,(H3,12,13)(H2,14,16). The number of hydrogen-bond donors (Lipinski definition) is 3. The van der Waals surface area contributed by atoms with Gasteiger partial charge in [0.1, 0.15) is 0 Å². The van der Waals surface area contributed by atoms with Crippen LogP contribution in [0.3, 0.4) is 0 Å². The van der Waals surface area contributed by atoms with Gasteiger partial charge in [-0.2, -0.15) is 0 Å². The first-order valence-electron chi connectivity index (χ1n) is 5.01. The van der Waals surface area contributed by atoms with Gasteiger partial charge in [-0.25, -0.2) is 0 Å². The lowest BCUT2D eigenvalue weighted by atomic mass is 10.1. The van der Waals surface area contributed by atoms with Crippen molar-refractivity contribution in [1.29, 1.82) is 5.41 Å². The van der Waals surface area contributed by atoms with Crippen molar-refractivity contribution in [2.45, 2.75) is 20.3 Å². The van der Waals surface area contributed by atoms with Crippen molar-refractivity contribution < 1.29 is 0 Å². The van der Waals surface area contributed by atoms with E-state index in [9.17, 15) is 0 Å². The molecule has 0 aliphatic rings. The Morgan fingerprint density at radius 1 is 1.44 bits per heavy atom. The largest absolute Gasteiger partial charge is 0.376 e. The number of thiocarbonyl (C=S) groups is 1. The number of guanidine groups is 1. The number of rotatable bonds is 2. The molecule has 5 heteroatoms. The van der Waals surface area contributed by atoms with Gasteiger partial charge in [0.05, 0.1) is 5.69 Å². The fourth-order valence-corrected chi connectivity index (χ4v) is 1.86. The highest BCUT2D eigenvalue weighted by atomic mass is 32.1. The van der Waals surface area contributed by atoms with Gasteiger partial charge in [-0.05, 0) is 36.7 Å². The lowest BCUT2D eigenvalue weighted by Gasteiger charge is -2.25. The molecule has 0 saturated heterocycles. The van der Waals surface area contributed by atoms with Crippen LogP contribution in [0.25, 0.3) is 0 Å². The van der Waals surface area contributed by atoms with Gasteiger partial charge in [-0.1, -0.05) is 25.1 Å². The molecular weight excluding hydrogens is 220 g/mol. The zero-order valence-corrected chi connectivity index (χ0v) is 10.3. The van der Waals surface area contributed by atoms with E-state index in [2.05, 4.69) is 0 Å². The maximum absolute atomic E-state index is 7.52.